The average Bonchev–Trinajstić information content (AvgIpc) is 2.61. The van der Waals surface area contributed by atoms with Crippen molar-refractivity contribution >= 4 is 23.3 Å². The molecule has 0 spiro atoms. The van der Waals surface area contributed by atoms with Gasteiger partial charge in [0, 0.05) is 23.9 Å². The Labute approximate surface area is 138 Å². The van der Waals surface area contributed by atoms with Crippen molar-refractivity contribution in [1.29, 1.82) is 0 Å². The minimum atomic E-state index is -0.483. The van der Waals surface area contributed by atoms with Gasteiger partial charge in [0.15, 0.2) is 12.0 Å². The van der Waals surface area contributed by atoms with E-state index in [1.807, 2.05) is 0 Å². The number of rotatable bonds is 7. The van der Waals surface area contributed by atoms with Gasteiger partial charge in [0.2, 0.25) is 0 Å². The maximum atomic E-state index is 11.4. The third-order valence-corrected chi connectivity index (χ3v) is 3.35. The average molecular weight is 332 g/mol. The maximum Gasteiger partial charge on any atom is 0.269 e. The van der Waals surface area contributed by atoms with Crippen LogP contribution in [0.15, 0.2) is 30.3 Å². The SMILES string of the molecule is COc1cc(OC)c(Nc2ccc([N+](=O)[O-])cc2)c(OC)c1C=O. The van der Waals surface area contributed by atoms with E-state index in [1.54, 1.807) is 18.2 Å². The summed E-state index contributed by atoms with van der Waals surface area (Å²) in [6, 6.07) is 7.38. The maximum absolute atomic E-state index is 11.4. The van der Waals surface area contributed by atoms with Gasteiger partial charge in [0.05, 0.1) is 26.3 Å². The molecule has 0 bridgehead atoms. The minimum Gasteiger partial charge on any atom is -0.496 e. The summed E-state index contributed by atoms with van der Waals surface area (Å²) in [7, 11) is 4.32. The topological polar surface area (TPSA) is 99.9 Å². The van der Waals surface area contributed by atoms with Gasteiger partial charge in [-0.15, -0.1) is 0 Å². The lowest BCUT2D eigenvalue weighted by molar-refractivity contribution is -0.384. The summed E-state index contributed by atoms with van der Waals surface area (Å²) in [6.45, 7) is 0. The van der Waals surface area contributed by atoms with Gasteiger partial charge in [-0.1, -0.05) is 0 Å². The molecule has 8 heteroatoms. The first kappa shape index (κ1) is 17.1. The van der Waals surface area contributed by atoms with Crippen LogP contribution in [-0.4, -0.2) is 32.5 Å². The molecule has 0 heterocycles. The number of nitrogens with zero attached hydrogens (tertiary/aromatic N) is 1. The number of carbonyl (C=O) groups is 1. The van der Waals surface area contributed by atoms with E-state index in [-0.39, 0.29) is 17.0 Å². The van der Waals surface area contributed by atoms with Crippen LogP contribution in [0.4, 0.5) is 17.1 Å². The zero-order valence-electron chi connectivity index (χ0n) is 13.4. The number of ether oxygens (including phenoxy) is 3. The van der Waals surface area contributed by atoms with Crippen LogP contribution in [0.1, 0.15) is 10.4 Å². The Bertz CT molecular complexity index is 758. The fourth-order valence-corrected chi connectivity index (χ4v) is 2.21. The molecular formula is C16H16N2O6. The predicted molar refractivity (Wildman–Crippen MR) is 87.9 cm³/mol. The summed E-state index contributed by atoms with van der Waals surface area (Å²) in [5.74, 6) is 0.958. The van der Waals surface area contributed by atoms with Crippen LogP contribution < -0.4 is 19.5 Å². The predicted octanol–water partition coefficient (Wildman–Crippen LogP) is 3.18. The van der Waals surface area contributed by atoms with E-state index < -0.39 is 4.92 Å². The van der Waals surface area contributed by atoms with E-state index in [0.717, 1.165) is 0 Å². The van der Waals surface area contributed by atoms with Crippen LogP contribution >= 0.6 is 0 Å². The first-order valence-electron chi connectivity index (χ1n) is 6.85. The normalized spacial score (nSPS) is 9.96. The zero-order chi connectivity index (χ0) is 17.7. The van der Waals surface area contributed by atoms with E-state index in [1.165, 1.54) is 33.5 Å². The molecule has 0 amide bonds. The van der Waals surface area contributed by atoms with Gasteiger partial charge >= 0.3 is 0 Å². The molecule has 0 aromatic heterocycles. The molecule has 24 heavy (non-hydrogen) atoms. The first-order valence-corrected chi connectivity index (χ1v) is 6.85. The van der Waals surface area contributed by atoms with E-state index >= 15 is 0 Å². The van der Waals surface area contributed by atoms with Gasteiger partial charge in [0.1, 0.15) is 22.7 Å². The molecule has 0 unspecified atom stereocenters. The summed E-state index contributed by atoms with van der Waals surface area (Å²) in [5, 5.41) is 13.8. The molecule has 1 N–H and O–H groups in total. The largest absolute Gasteiger partial charge is 0.496 e. The number of anilines is 2. The van der Waals surface area contributed by atoms with Crippen LogP contribution in [0.2, 0.25) is 0 Å². The summed E-state index contributed by atoms with van der Waals surface area (Å²) in [5.41, 5.74) is 1.18. The van der Waals surface area contributed by atoms with Crippen LogP contribution in [0.3, 0.4) is 0 Å². The fraction of sp³-hybridized carbons (Fsp3) is 0.188. The molecule has 2 rings (SSSR count). The van der Waals surface area contributed by atoms with Gasteiger partial charge < -0.3 is 19.5 Å². The lowest BCUT2D eigenvalue weighted by Gasteiger charge is -2.18. The fourth-order valence-electron chi connectivity index (χ4n) is 2.21. The van der Waals surface area contributed by atoms with Crippen molar-refractivity contribution in [2.24, 2.45) is 0 Å². The number of hydrogen-bond donors (Lipinski definition) is 1. The number of hydrogen-bond acceptors (Lipinski definition) is 7. The standard InChI is InChI=1S/C16H16N2O6/c1-22-13-8-14(23-2)15(16(24-3)12(13)9-19)17-10-4-6-11(7-5-10)18(20)21/h4-9,17H,1-3H3. The van der Waals surface area contributed by atoms with Crippen molar-refractivity contribution in [3.63, 3.8) is 0 Å². The zero-order valence-corrected chi connectivity index (χ0v) is 13.4. The molecule has 0 fully saturated rings. The first-order chi connectivity index (χ1) is 11.5. The van der Waals surface area contributed by atoms with Crippen LogP contribution in [-0.2, 0) is 0 Å². The molecule has 2 aromatic carbocycles. The highest BCUT2D eigenvalue weighted by Crippen LogP contribution is 2.43. The quantitative estimate of drug-likeness (QED) is 0.472. The third kappa shape index (κ3) is 3.22. The van der Waals surface area contributed by atoms with Crippen LogP contribution in [0.5, 0.6) is 17.2 Å². The smallest absolute Gasteiger partial charge is 0.269 e. The number of methoxy groups -OCH3 is 3. The van der Waals surface area contributed by atoms with Crippen molar-refractivity contribution in [3.8, 4) is 17.2 Å². The number of non-ortho nitro benzene ring substituents is 1. The summed E-state index contributed by atoms with van der Waals surface area (Å²) in [4.78, 5) is 21.6. The Morgan fingerprint density at radius 1 is 1.04 bits per heavy atom. The van der Waals surface area contributed by atoms with Crippen molar-refractivity contribution in [2.75, 3.05) is 26.6 Å². The van der Waals surface area contributed by atoms with E-state index in [9.17, 15) is 14.9 Å². The van der Waals surface area contributed by atoms with E-state index in [4.69, 9.17) is 14.2 Å². The Kier molecular flexibility index (Phi) is 5.20. The second-order valence-electron chi connectivity index (χ2n) is 4.65. The second kappa shape index (κ2) is 7.32. The lowest BCUT2D eigenvalue weighted by Crippen LogP contribution is -2.03. The van der Waals surface area contributed by atoms with Gasteiger partial charge in [-0.3, -0.25) is 14.9 Å². The number of nitrogens with one attached hydrogen (secondary N) is 1. The highest BCUT2D eigenvalue weighted by Gasteiger charge is 2.20. The Hall–Kier alpha value is -3.29. The molecule has 2 aromatic rings. The van der Waals surface area contributed by atoms with Crippen molar-refractivity contribution in [3.05, 3.63) is 46.0 Å². The second-order valence-corrected chi connectivity index (χ2v) is 4.65. The molecule has 0 atom stereocenters. The lowest BCUT2D eigenvalue weighted by atomic mass is 10.1. The third-order valence-electron chi connectivity index (χ3n) is 3.35. The number of benzene rings is 2. The molecule has 0 radical (unpaired) electrons. The Morgan fingerprint density at radius 2 is 1.67 bits per heavy atom. The van der Waals surface area contributed by atoms with Gasteiger partial charge in [-0.25, -0.2) is 0 Å². The molecule has 0 aliphatic rings. The Balaban J connectivity index is 2.51. The van der Waals surface area contributed by atoms with Gasteiger partial charge in [-0.05, 0) is 12.1 Å². The van der Waals surface area contributed by atoms with E-state index in [0.29, 0.717) is 29.2 Å². The van der Waals surface area contributed by atoms with Crippen LogP contribution in [0, 0.1) is 10.1 Å². The van der Waals surface area contributed by atoms with Crippen molar-refractivity contribution < 1.29 is 23.9 Å². The van der Waals surface area contributed by atoms with Gasteiger partial charge in [0.25, 0.3) is 5.69 Å². The molecule has 8 nitrogen and oxygen atoms in total. The summed E-state index contributed by atoms with van der Waals surface area (Å²) >= 11 is 0. The van der Waals surface area contributed by atoms with Gasteiger partial charge in [-0.2, -0.15) is 0 Å². The molecule has 0 aliphatic heterocycles. The number of nitro groups is 1. The van der Waals surface area contributed by atoms with E-state index in [2.05, 4.69) is 5.32 Å². The molecule has 126 valence electrons. The number of aldehydes is 1. The van der Waals surface area contributed by atoms with Crippen LogP contribution in [0.25, 0.3) is 0 Å². The highest BCUT2D eigenvalue weighted by molar-refractivity contribution is 5.91. The minimum absolute atomic E-state index is 0.0252. The van der Waals surface area contributed by atoms with Crippen molar-refractivity contribution in [2.45, 2.75) is 0 Å². The number of nitro benzene ring substituents is 1. The highest BCUT2D eigenvalue weighted by atomic mass is 16.6. The Morgan fingerprint density at radius 3 is 2.12 bits per heavy atom. The van der Waals surface area contributed by atoms with Crippen molar-refractivity contribution in [1.82, 2.24) is 0 Å². The monoisotopic (exact) mass is 332 g/mol. The summed E-state index contributed by atoms with van der Waals surface area (Å²) in [6.07, 6.45) is 0.623. The number of carbonyl (C=O) groups excluding carboxylic acids is 1. The molecule has 0 saturated heterocycles. The molecule has 0 saturated carbocycles. The summed E-state index contributed by atoms with van der Waals surface area (Å²) < 4.78 is 15.8. The molecule has 0 aliphatic carbocycles. The molecular weight excluding hydrogens is 316 g/mol.